The molecule has 0 saturated carbocycles. The lowest BCUT2D eigenvalue weighted by Gasteiger charge is -2.36. The standard InChI is InChI=1S/C13H17NO4S/c1-18-12-4-5-14-8-11(12)13(15)6-9-2-3-10(7-13)19(9,16)17/h4-5,8-10,15H,2-3,6-7H2,1H3. The zero-order valence-corrected chi connectivity index (χ0v) is 11.6. The molecule has 2 bridgehead atoms. The summed E-state index contributed by atoms with van der Waals surface area (Å²) in [5, 5.41) is 10.0. The van der Waals surface area contributed by atoms with Crippen LogP contribution in [0.1, 0.15) is 31.2 Å². The summed E-state index contributed by atoms with van der Waals surface area (Å²) in [6.45, 7) is 0. The number of sulfone groups is 1. The minimum atomic E-state index is -3.05. The Morgan fingerprint density at radius 1 is 1.37 bits per heavy atom. The first-order chi connectivity index (χ1) is 8.97. The van der Waals surface area contributed by atoms with E-state index in [0.29, 0.717) is 24.2 Å². The minimum Gasteiger partial charge on any atom is -0.496 e. The molecule has 0 aromatic carbocycles. The summed E-state index contributed by atoms with van der Waals surface area (Å²) in [5.41, 5.74) is -0.541. The van der Waals surface area contributed by atoms with Crippen molar-refractivity contribution < 1.29 is 18.3 Å². The smallest absolute Gasteiger partial charge is 0.156 e. The number of nitrogens with zero attached hydrogens (tertiary/aromatic N) is 1. The van der Waals surface area contributed by atoms with Crippen LogP contribution in [0.5, 0.6) is 5.75 Å². The molecular formula is C13H17NO4S. The fourth-order valence-electron chi connectivity index (χ4n) is 3.37. The van der Waals surface area contributed by atoms with Crippen molar-refractivity contribution in [3.8, 4) is 5.75 Å². The normalized spacial score (nSPS) is 36.1. The summed E-state index contributed by atoms with van der Waals surface area (Å²) in [5.74, 6) is 0.566. The Morgan fingerprint density at radius 3 is 2.58 bits per heavy atom. The van der Waals surface area contributed by atoms with Crippen molar-refractivity contribution in [3.63, 3.8) is 0 Å². The van der Waals surface area contributed by atoms with E-state index in [4.69, 9.17) is 4.74 Å². The van der Waals surface area contributed by atoms with Crippen LogP contribution in [0.15, 0.2) is 18.5 Å². The van der Waals surface area contributed by atoms with Crippen LogP contribution in [0.25, 0.3) is 0 Å². The maximum atomic E-state index is 12.1. The van der Waals surface area contributed by atoms with Crippen LogP contribution in [0.3, 0.4) is 0 Å². The summed E-state index contributed by atoms with van der Waals surface area (Å²) in [6, 6.07) is 1.69. The first-order valence-electron chi connectivity index (χ1n) is 6.41. The molecule has 1 aromatic rings. The summed E-state index contributed by atoms with van der Waals surface area (Å²) in [7, 11) is -1.51. The summed E-state index contributed by atoms with van der Waals surface area (Å²) < 4.78 is 29.4. The highest BCUT2D eigenvalue weighted by Gasteiger charge is 2.53. The SMILES string of the molecule is COc1ccncc1C1(O)CC2CCC(C1)S2(=O)=O. The van der Waals surface area contributed by atoms with E-state index in [1.807, 2.05) is 0 Å². The molecule has 3 rings (SSSR count). The van der Waals surface area contributed by atoms with Gasteiger partial charge in [0.25, 0.3) is 0 Å². The first kappa shape index (κ1) is 12.9. The summed E-state index contributed by atoms with van der Waals surface area (Å²) in [6.07, 6.45) is 4.97. The number of hydrogen-bond donors (Lipinski definition) is 1. The van der Waals surface area contributed by atoms with Gasteiger partial charge in [0.1, 0.15) is 5.75 Å². The van der Waals surface area contributed by atoms with Gasteiger partial charge in [-0.1, -0.05) is 0 Å². The summed E-state index contributed by atoms with van der Waals surface area (Å²) >= 11 is 0. The molecule has 104 valence electrons. The Balaban J connectivity index is 2.02. The van der Waals surface area contributed by atoms with Gasteiger partial charge >= 0.3 is 0 Å². The van der Waals surface area contributed by atoms with Crippen molar-refractivity contribution in [1.29, 1.82) is 0 Å². The van der Waals surface area contributed by atoms with Crippen molar-refractivity contribution in [2.75, 3.05) is 7.11 Å². The molecule has 2 fully saturated rings. The van der Waals surface area contributed by atoms with Crippen molar-refractivity contribution in [2.45, 2.75) is 41.8 Å². The van der Waals surface area contributed by atoms with Crippen LogP contribution < -0.4 is 4.74 Å². The molecule has 2 aliphatic rings. The van der Waals surface area contributed by atoms with Gasteiger partial charge in [0.2, 0.25) is 0 Å². The maximum Gasteiger partial charge on any atom is 0.156 e. The Kier molecular flexibility index (Phi) is 2.83. The van der Waals surface area contributed by atoms with Gasteiger partial charge in [-0.15, -0.1) is 0 Å². The minimum absolute atomic E-state index is 0.244. The molecule has 0 aliphatic carbocycles. The van der Waals surface area contributed by atoms with Gasteiger partial charge in [-0.3, -0.25) is 4.98 Å². The highest BCUT2D eigenvalue weighted by Crippen LogP contribution is 2.49. The Hall–Kier alpha value is -1.14. The van der Waals surface area contributed by atoms with Crippen LogP contribution in [0.4, 0.5) is 0 Å². The highest BCUT2D eigenvalue weighted by molar-refractivity contribution is 7.93. The lowest BCUT2D eigenvalue weighted by molar-refractivity contribution is 0.0148. The molecular weight excluding hydrogens is 266 g/mol. The number of aromatic nitrogens is 1. The van der Waals surface area contributed by atoms with Crippen LogP contribution in [-0.4, -0.2) is 36.1 Å². The van der Waals surface area contributed by atoms with E-state index in [-0.39, 0.29) is 12.8 Å². The molecule has 2 saturated heterocycles. The third-order valence-corrected chi connectivity index (χ3v) is 7.04. The number of methoxy groups -OCH3 is 1. The average molecular weight is 283 g/mol. The van der Waals surface area contributed by atoms with Crippen molar-refractivity contribution in [2.24, 2.45) is 0 Å². The van der Waals surface area contributed by atoms with Crippen LogP contribution >= 0.6 is 0 Å². The number of pyridine rings is 1. The second-order valence-corrected chi connectivity index (χ2v) is 7.94. The van der Waals surface area contributed by atoms with Gasteiger partial charge in [0.05, 0.1) is 23.2 Å². The number of fused-ring (bicyclic) bond motifs is 2. The van der Waals surface area contributed by atoms with E-state index in [0.717, 1.165) is 0 Å². The molecule has 1 N–H and O–H groups in total. The Bertz CT molecular complexity index is 578. The van der Waals surface area contributed by atoms with Gasteiger partial charge in [0, 0.05) is 18.0 Å². The van der Waals surface area contributed by atoms with Gasteiger partial charge in [-0.05, 0) is 31.7 Å². The molecule has 19 heavy (non-hydrogen) atoms. The molecule has 2 aliphatic heterocycles. The molecule has 1 aromatic heterocycles. The monoisotopic (exact) mass is 283 g/mol. The second-order valence-electron chi connectivity index (χ2n) is 5.43. The fourth-order valence-corrected chi connectivity index (χ4v) is 5.86. The number of aliphatic hydroxyl groups is 1. The average Bonchev–Trinajstić information content (AvgIpc) is 2.57. The maximum absolute atomic E-state index is 12.1. The van der Waals surface area contributed by atoms with E-state index in [1.54, 1.807) is 18.5 Å². The predicted octanol–water partition coefficient (Wildman–Crippen LogP) is 1.02. The third kappa shape index (κ3) is 1.85. The topological polar surface area (TPSA) is 76.5 Å². The fraction of sp³-hybridized carbons (Fsp3) is 0.615. The third-order valence-electron chi connectivity index (χ3n) is 4.37. The van der Waals surface area contributed by atoms with E-state index >= 15 is 0 Å². The molecule has 0 amide bonds. The predicted molar refractivity (Wildman–Crippen MR) is 69.6 cm³/mol. The molecule has 6 heteroatoms. The van der Waals surface area contributed by atoms with Crippen LogP contribution in [-0.2, 0) is 15.4 Å². The van der Waals surface area contributed by atoms with E-state index in [2.05, 4.69) is 4.98 Å². The second kappa shape index (κ2) is 4.18. The van der Waals surface area contributed by atoms with Crippen molar-refractivity contribution >= 4 is 9.84 Å². The van der Waals surface area contributed by atoms with Crippen molar-refractivity contribution in [3.05, 3.63) is 24.0 Å². The van der Waals surface area contributed by atoms with Crippen LogP contribution in [0.2, 0.25) is 0 Å². The van der Waals surface area contributed by atoms with Crippen LogP contribution in [0, 0.1) is 0 Å². The summed E-state index contributed by atoms with van der Waals surface area (Å²) in [4.78, 5) is 4.03. The molecule has 0 radical (unpaired) electrons. The zero-order chi connectivity index (χ0) is 13.7. The number of hydrogen-bond acceptors (Lipinski definition) is 5. The largest absolute Gasteiger partial charge is 0.496 e. The molecule has 2 unspecified atom stereocenters. The Labute approximate surface area is 112 Å². The number of ether oxygens (including phenoxy) is 1. The molecule has 5 nitrogen and oxygen atoms in total. The lowest BCUT2D eigenvalue weighted by Crippen LogP contribution is -2.43. The molecule has 3 heterocycles. The molecule has 2 atom stereocenters. The quantitative estimate of drug-likeness (QED) is 0.877. The highest BCUT2D eigenvalue weighted by atomic mass is 32.2. The van der Waals surface area contributed by atoms with Gasteiger partial charge in [0.15, 0.2) is 9.84 Å². The van der Waals surface area contributed by atoms with Gasteiger partial charge < -0.3 is 9.84 Å². The van der Waals surface area contributed by atoms with Gasteiger partial charge in [-0.25, -0.2) is 8.42 Å². The Morgan fingerprint density at radius 2 is 2.00 bits per heavy atom. The zero-order valence-electron chi connectivity index (χ0n) is 10.7. The number of rotatable bonds is 2. The van der Waals surface area contributed by atoms with Gasteiger partial charge in [-0.2, -0.15) is 0 Å². The van der Waals surface area contributed by atoms with E-state index in [1.165, 1.54) is 7.11 Å². The lowest BCUT2D eigenvalue weighted by atomic mass is 9.86. The van der Waals surface area contributed by atoms with Crippen molar-refractivity contribution in [1.82, 2.24) is 4.98 Å². The van der Waals surface area contributed by atoms with E-state index < -0.39 is 25.9 Å². The first-order valence-corrected chi connectivity index (χ1v) is 8.02. The van der Waals surface area contributed by atoms with E-state index in [9.17, 15) is 13.5 Å². The molecule has 0 spiro atoms.